The lowest BCUT2D eigenvalue weighted by atomic mass is 9.96. The number of amides is 1. The van der Waals surface area contributed by atoms with Crippen molar-refractivity contribution in [3.8, 4) is 0 Å². The Hall–Kier alpha value is -1.45. The number of unbranched alkanes of at least 4 members (excludes halogenated alkanes) is 24. The zero-order valence-corrected chi connectivity index (χ0v) is 26.2. The van der Waals surface area contributed by atoms with E-state index in [9.17, 15) is 14.4 Å². The average Bonchev–Trinajstić information content (AvgIpc) is 2.92. The molecule has 0 aromatic heterocycles. The Labute approximate surface area is 242 Å². The van der Waals surface area contributed by atoms with Crippen molar-refractivity contribution in [2.45, 2.75) is 194 Å². The molecule has 39 heavy (non-hydrogen) atoms. The molecule has 0 saturated heterocycles. The molecule has 0 aliphatic rings. The maximum absolute atomic E-state index is 12.7. The summed E-state index contributed by atoms with van der Waals surface area (Å²) in [6.07, 6.45) is 34.2. The van der Waals surface area contributed by atoms with Crippen molar-refractivity contribution in [3.05, 3.63) is 11.6 Å². The highest BCUT2D eigenvalue weighted by Crippen LogP contribution is 2.17. The molecular formula is C35H65NO3. The average molecular weight is 548 g/mol. The van der Waals surface area contributed by atoms with Crippen LogP contribution < -0.4 is 5.73 Å². The van der Waals surface area contributed by atoms with Gasteiger partial charge in [0.25, 0.3) is 0 Å². The first kappa shape index (κ1) is 37.6. The van der Waals surface area contributed by atoms with Gasteiger partial charge in [0.15, 0.2) is 11.6 Å². The fraction of sp³-hybridized carbons (Fsp3) is 0.857. The molecule has 0 heterocycles. The number of rotatable bonds is 31. The van der Waals surface area contributed by atoms with Gasteiger partial charge in [-0.05, 0) is 12.8 Å². The van der Waals surface area contributed by atoms with Gasteiger partial charge < -0.3 is 5.73 Å². The quantitative estimate of drug-likeness (QED) is 0.0406. The van der Waals surface area contributed by atoms with Gasteiger partial charge in [-0.25, -0.2) is 0 Å². The van der Waals surface area contributed by atoms with Gasteiger partial charge in [0.1, 0.15) is 0 Å². The van der Waals surface area contributed by atoms with E-state index >= 15 is 0 Å². The Morgan fingerprint density at radius 2 is 0.641 bits per heavy atom. The maximum atomic E-state index is 12.7. The van der Waals surface area contributed by atoms with Gasteiger partial charge in [-0.3, -0.25) is 14.4 Å². The van der Waals surface area contributed by atoms with Crippen molar-refractivity contribution >= 4 is 17.5 Å². The number of carbonyl (C=O) groups is 3. The number of hydrogen-bond donors (Lipinski definition) is 1. The second kappa shape index (κ2) is 29.5. The van der Waals surface area contributed by atoms with E-state index in [0.717, 1.165) is 44.6 Å². The third-order valence-corrected chi connectivity index (χ3v) is 7.90. The summed E-state index contributed by atoms with van der Waals surface area (Å²) in [5, 5.41) is 0. The largest absolute Gasteiger partial charge is 0.366 e. The summed E-state index contributed by atoms with van der Waals surface area (Å²) in [4.78, 5) is 36.8. The molecule has 0 aliphatic carbocycles. The number of ketones is 2. The maximum Gasteiger partial charge on any atom is 0.242 e. The van der Waals surface area contributed by atoms with Crippen LogP contribution in [0.4, 0.5) is 0 Å². The Morgan fingerprint density at radius 3 is 0.872 bits per heavy atom. The first-order valence-corrected chi connectivity index (χ1v) is 17.1. The molecule has 0 fully saturated rings. The van der Waals surface area contributed by atoms with E-state index in [0.29, 0.717) is 12.8 Å². The predicted octanol–water partition coefficient (Wildman–Crippen LogP) is 10.5. The van der Waals surface area contributed by atoms with Crippen LogP contribution in [0.25, 0.3) is 0 Å². The van der Waals surface area contributed by atoms with E-state index in [2.05, 4.69) is 13.8 Å². The highest BCUT2D eigenvalue weighted by Gasteiger charge is 2.18. The van der Waals surface area contributed by atoms with Crippen LogP contribution in [0.5, 0.6) is 0 Å². The lowest BCUT2D eigenvalue weighted by Crippen LogP contribution is -2.17. The van der Waals surface area contributed by atoms with Gasteiger partial charge in [0.05, 0.1) is 5.57 Å². The standard InChI is InChI=1S/C35H65NO3/c1-3-5-7-9-11-13-15-17-19-21-23-25-27-29-33(37)32(31-35(36)39)34(38)30-28-26-24-22-20-18-16-14-12-10-8-6-4-2/h31H,3-30H2,1-2H3,(H2,36,39). The van der Waals surface area contributed by atoms with Crippen molar-refractivity contribution in [1.29, 1.82) is 0 Å². The fourth-order valence-corrected chi connectivity index (χ4v) is 5.33. The van der Waals surface area contributed by atoms with Gasteiger partial charge in [-0.2, -0.15) is 0 Å². The molecule has 0 bridgehead atoms. The van der Waals surface area contributed by atoms with Crippen LogP contribution in [0.3, 0.4) is 0 Å². The summed E-state index contributed by atoms with van der Waals surface area (Å²) in [6.45, 7) is 4.52. The minimum atomic E-state index is -0.706. The fourth-order valence-electron chi connectivity index (χ4n) is 5.33. The SMILES string of the molecule is CCCCCCCCCCCCCCCC(=O)C(=CC(N)=O)C(=O)CCCCCCCCCCCCCCC. The minimum absolute atomic E-state index is 0.0281. The van der Waals surface area contributed by atoms with Crippen molar-refractivity contribution in [2.24, 2.45) is 5.73 Å². The summed E-state index contributed by atoms with van der Waals surface area (Å²) in [5.41, 5.74) is 5.33. The monoisotopic (exact) mass is 547 g/mol. The van der Waals surface area contributed by atoms with Crippen molar-refractivity contribution < 1.29 is 14.4 Å². The van der Waals surface area contributed by atoms with Crippen LogP contribution in [0.2, 0.25) is 0 Å². The summed E-state index contributed by atoms with van der Waals surface area (Å²) < 4.78 is 0. The first-order chi connectivity index (χ1) is 19.0. The Bertz CT molecular complexity index is 581. The molecule has 2 N–H and O–H groups in total. The molecule has 0 aromatic carbocycles. The number of primary amides is 1. The van der Waals surface area contributed by atoms with Gasteiger partial charge in [-0.15, -0.1) is 0 Å². The van der Waals surface area contributed by atoms with E-state index in [1.165, 1.54) is 128 Å². The lowest BCUT2D eigenvalue weighted by Gasteiger charge is -2.07. The molecule has 4 heteroatoms. The topological polar surface area (TPSA) is 77.2 Å². The number of nitrogens with two attached hydrogens (primary N) is 1. The summed E-state index contributed by atoms with van der Waals surface area (Å²) in [6, 6.07) is 0. The molecule has 228 valence electrons. The molecule has 0 spiro atoms. The van der Waals surface area contributed by atoms with Crippen LogP contribution in [-0.2, 0) is 14.4 Å². The Morgan fingerprint density at radius 1 is 0.410 bits per heavy atom. The zero-order chi connectivity index (χ0) is 28.8. The first-order valence-electron chi connectivity index (χ1n) is 17.1. The van der Waals surface area contributed by atoms with E-state index in [1.54, 1.807) is 0 Å². The van der Waals surface area contributed by atoms with E-state index in [1.807, 2.05) is 0 Å². The summed E-state index contributed by atoms with van der Waals surface area (Å²) >= 11 is 0. The molecule has 0 atom stereocenters. The van der Waals surface area contributed by atoms with Crippen LogP contribution in [0.15, 0.2) is 11.6 Å². The Balaban J connectivity index is 3.86. The van der Waals surface area contributed by atoms with Crippen LogP contribution >= 0.6 is 0 Å². The molecule has 0 radical (unpaired) electrons. The normalized spacial score (nSPS) is 11.0. The number of Topliss-reactive ketones (excluding diaryl/α,β-unsaturated/α-hetero) is 2. The number of allylic oxidation sites excluding steroid dienone is 1. The molecule has 0 saturated carbocycles. The predicted molar refractivity (Wildman–Crippen MR) is 168 cm³/mol. The van der Waals surface area contributed by atoms with Crippen LogP contribution in [0, 0.1) is 0 Å². The number of hydrogen-bond acceptors (Lipinski definition) is 3. The minimum Gasteiger partial charge on any atom is -0.366 e. The molecule has 0 aliphatic heterocycles. The highest BCUT2D eigenvalue weighted by molar-refractivity contribution is 6.22. The summed E-state index contributed by atoms with van der Waals surface area (Å²) in [5.74, 6) is -1.13. The third-order valence-electron chi connectivity index (χ3n) is 7.90. The van der Waals surface area contributed by atoms with Crippen molar-refractivity contribution in [3.63, 3.8) is 0 Å². The lowest BCUT2D eigenvalue weighted by molar-refractivity contribution is -0.122. The third kappa shape index (κ3) is 26.5. The highest BCUT2D eigenvalue weighted by atomic mass is 16.2. The van der Waals surface area contributed by atoms with Crippen molar-refractivity contribution in [2.75, 3.05) is 0 Å². The molecule has 0 aromatic rings. The van der Waals surface area contributed by atoms with Gasteiger partial charge in [0, 0.05) is 18.9 Å². The number of carbonyl (C=O) groups excluding carboxylic acids is 3. The van der Waals surface area contributed by atoms with Crippen molar-refractivity contribution in [1.82, 2.24) is 0 Å². The molecule has 4 nitrogen and oxygen atoms in total. The second-order valence-electron chi connectivity index (χ2n) is 11.8. The zero-order valence-electron chi connectivity index (χ0n) is 26.2. The van der Waals surface area contributed by atoms with E-state index in [4.69, 9.17) is 5.73 Å². The molecule has 1 amide bonds. The van der Waals surface area contributed by atoms with Gasteiger partial charge in [-0.1, -0.05) is 168 Å². The van der Waals surface area contributed by atoms with Crippen LogP contribution in [0.1, 0.15) is 194 Å². The van der Waals surface area contributed by atoms with E-state index in [-0.39, 0.29) is 17.1 Å². The van der Waals surface area contributed by atoms with Gasteiger partial charge >= 0.3 is 0 Å². The molecule has 0 rings (SSSR count). The smallest absolute Gasteiger partial charge is 0.242 e. The van der Waals surface area contributed by atoms with E-state index < -0.39 is 5.91 Å². The molecule has 0 unspecified atom stereocenters. The second-order valence-corrected chi connectivity index (χ2v) is 11.8. The molecular weight excluding hydrogens is 482 g/mol. The van der Waals surface area contributed by atoms with Crippen LogP contribution in [-0.4, -0.2) is 17.5 Å². The Kier molecular flexibility index (Phi) is 28.4. The summed E-state index contributed by atoms with van der Waals surface area (Å²) in [7, 11) is 0. The van der Waals surface area contributed by atoms with Gasteiger partial charge in [0.2, 0.25) is 5.91 Å².